The lowest BCUT2D eigenvalue weighted by molar-refractivity contribution is -0.182. The first-order chi connectivity index (χ1) is 41.1. The molecule has 8 aliphatic rings. The maximum Gasteiger partial charge on any atom is 0.306 e. The predicted octanol–water partition coefficient (Wildman–Crippen LogP) is 2.06. The van der Waals surface area contributed by atoms with Gasteiger partial charge in [0.15, 0.2) is 12.2 Å². The highest BCUT2D eigenvalue weighted by Crippen LogP contribution is 2.70. The number of nitrogens with zero attached hydrogens (tertiary/aromatic N) is 1. The van der Waals surface area contributed by atoms with Crippen LogP contribution < -0.4 is 10.6 Å². The molecule has 28 atom stereocenters. The number of amides is 3. The van der Waals surface area contributed by atoms with Crippen molar-refractivity contribution in [3.05, 3.63) is 0 Å². The molecule has 87 heavy (non-hydrogen) atoms. The fraction of sp³-hybridized carbons (Fsp3) is 0.939. The number of esters is 1. The van der Waals surface area contributed by atoms with Gasteiger partial charge in [0.25, 0.3) is 11.8 Å². The number of rotatable bonds is 27. The second-order valence-electron chi connectivity index (χ2n) is 30.3. The van der Waals surface area contributed by atoms with Crippen LogP contribution in [0.15, 0.2) is 0 Å². The summed E-state index contributed by atoms with van der Waals surface area (Å²) in [5.74, 6) is 2.12. The van der Waals surface area contributed by atoms with Gasteiger partial charge in [-0.1, -0.05) is 41.5 Å². The molecule has 0 aromatic carbocycles. The van der Waals surface area contributed by atoms with Crippen LogP contribution in [0.1, 0.15) is 183 Å². The molecule has 8 saturated carbocycles. The Labute approximate surface area is 515 Å². The number of hydrogen-bond donors (Lipinski definition) is 15. The van der Waals surface area contributed by atoms with Crippen LogP contribution >= 0.6 is 0 Å². The summed E-state index contributed by atoms with van der Waals surface area (Å²) in [4.78, 5) is 54.8. The van der Waals surface area contributed by atoms with Crippen molar-refractivity contribution in [1.29, 1.82) is 0 Å². The molecule has 8 aliphatic carbocycles. The number of carbonyl (C=O) groups excluding carboxylic acids is 4. The molecule has 21 nitrogen and oxygen atoms in total. The van der Waals surface area contributed by atoms with Crippen LogP contribution in [0.2, 0.25) is 0 Å². The summed E-state index contributed by atoms with van der Waals surface area (Å²) in [7, 11) is 0. The number of aliphatic hydroxyl groups is 13. The van der Waals surface area contributed by atoms with Gasteiger partial charge in [0.1, 0.15) is 42.7 Å². The Morgan fingerprint density at radius 2 is 0.966 bits per heavy atom. The minimum atomic E-state index is -2.13. The number of fused-ring (bicyclic) bond motifs is 10. The second-order valence-corrected chi connectivity index (χ2v) is 30.3. The largest absolute Gasteiger partial charge is 0.462 e. The Bertz CT molecular complexity index is 2260. The average Bonchev–Trinajstić information content (AvgIpc) is 1.74. The van der Waals surface area contributed by atoms with Gasteiger partial charge in [-0.25, -0.2) is 0 Å². The predicted molar refractivity (Wildman–Crippen MR) is 320 cm³/mol. The van der Waals surface area contributed by atoms with E-state index in [0.717, 1.165) is 89.9 Å². The number of nitrogens with one attached hydrogen (secondary N) is 2. The summed E-state index contributed by atoms with van der Waals surface area (Å²) in [5.41, 5.74) is -0.304. The minimum Gasteiger partial charge on any atom is -0.462 e. The van der Waals surface area contributed by atoms with Crippen molar-refractivity contribution < 1.29 is 90.3 Å². The van der Waals surface area contributed by atoms with Gasteiger partial charge < -0.3 is 86.7 Å². The van der Waals surface area contributed by atoms with Gasteiger partial charge in [-0.05, 0) is 221 Å². The highest BCUT2D eigenvalue weighted by Gasteiger charge is 2.66. The molecule has 0 aromatic rings. The molecule has 0 radical (unpaired) electrons. The maximum atomic E-state index is 14.1. The third-order valence-corrected chi connectivity index (χ3v) is 26.1. The van der Waals surface area contributed by atoms with Crippen LogP contribution in [0.5, 0.6) is 0 Å². The van der Waals surface area contributed by atoms with Gasteiger partial charge in [-0.15, -0.1) is 0 Å². The molecule has 15 N–H and O–H groups in total. The van der Waals surface area contributed by atoms with E-state index in [-0.39, 0.29) is 109 Å². The molecule has 8 rings (SSSR count). The second kappa shape index (κ2) is 29.1. The molecule has 0 spiro atoms. The van der Waals surface area contributed by atoms with E-state index in [4.69, 9.17) is 14.9 Å². The van der Waals surface area contributed by atoms with E-state index in [1.807, 2.05) is 0 Å². The first kappa shape index (κ1) is 70.2. The van der Waals surface area contributed by atoms with E-state index < -0.39 is 80.0 Å². The van der Waals surface area contributed by atoms with Crippen molar-refractivity contribution in [1.82, 2.24) is 15.5 Å². The molecule has 0 saturated heterocycles. The first-order valence-corrected chi connectivity index (χ1v) is 33.8. The van der Waals surface area contributed by atoms with Crippen molar-refractivity contribution >= 4 is 23.7 Å². The summed E-state index contributed by atoms with van der Waals surface area (Å²) in [6.07, 6.45) is 0.587. The van der Waals surface area contributed by atoms with E-state index in [1.54, 1.807) is 4.90 Å². The third-order valence-electron chi connectivity index (χ3n) is 26.1. The monoisotopic (exact) mass is 1240 g/mol. The average molecular weight is 1240 g/mol. The quantitative estimate of drug-likeness (QED) is 0.0413. The lowest BCUT2D eigenvalue weighted by atomic mass is 9.43. The highest BCUT2D eigenvalue weighted by molar-refractivity contribution is 5.81. The molecule has 8 fully saturated rings. The van der Waals surface area contributed by atoms with Gasteiger partial charge in [-0.3, -0.25) is 19.2 Å². The van der Waals surface area contributed by atoms with E-state index >= 15 is 0 Å². The smallest absolute Gasteiger partial charge is 0.306 e. The standard InChI is InChI=1S/C66H113N3O18/c1-35(9-19-53(77)69(27-7-25-67-61(85)59(83)57(81)55(79)49(73)33-70)28-8-26-68-62(86)60(84)58(82)56(80)50(74)34-71)43-15-17-46-42-14-12-38-30-40(22-24-64(38,4)48(42)32-52(76)65(43,46)5)87-54(78)20-10-36(2)44-16-18-45-41-13-11-37-29-39(72)21-23-63(37,3)47(41)31-51(75)66(44,45)6/h35-52,55-60,70-76,79-84H,7-34H2,1-6H3,(H,67,85)(H,68,86)/t35-,36-,37-,38-,39-,40-,41?,42+,43-,44-,45?,46+,47?,48+,49-,50-,51+,52+,55-,56-,57+,58+,59-,60-,63+,64+,65-,66-/m1/s1. The van der Waals surface area contributed by atoms with E-state index in [2.05, 4.69) is 52.2 Å². The Hall–Kier alpha value is -2.64. The van der Waals surface area contributed by atoms with Crippen molar-refractivity contribution in [2.24, 2.45) is 92.7 Å². The molecule has 3 amide bonds. The molecular weight excluding hydrogens is 1120 g/mol. The van der Waals surface area contributed by atoms with Crippen molar-refractivity contribution in [3.8, 4) is 0 Å². The number of carbonyl (C=O) groups is 4. The zero-order chi connectivity index (χ0) is 63.7. The van der Waals surface area contributed by atoms with Gasteiger partial charge in [0.2, 0.25) is 5.91 Å². The molecule has 500 valence electrons. The van der Waals surface area contributed by atoms with E-state index in [1.165, 1.54) is 12.8 Å². The van der Waals surface area contributed by atoms with Crippen LogP contribution in [-0.2, 0) is 23.9 Å². The maximum absolute atomic E-state index is 14.1. The van der Waals surface area contributed by atoms with Crippen molar-refractivity contribution in [2.45, 2.75) is 256 Å². The lowest BCUT2D eigenvalue weighted by Gasteiger charge is -2.62. The molecule has 0 aromatic heterocycles. The highest BCUT2D eigenvalue weighted by atomic mass is 16.5. The van der Waals surface area contributed by atoms with E-state index in [0.29, 0.717) is 78.4 Å². The topological polar surface area (TPSA) is 368 Å². The van der Waals surface area contributed by atoms with Crippen LogP contribution in [0.3, 0.4) is 0 Å². The van der Waals surface area contributed by atoms with Crippen LogP contribution in [0.25, 0.3) is 0 Å². The summed E-state index contributed by atoms with van der Waals surface area (Å²) in [5, 5.41) is 138. The zero-order valence-electron chi connectivity index (χ0n) is 53.0. The molecule has 3 unspecified atom stereocenters. The van der Waals surface area contributed by atoms with Crippen molar-refractivity contribution in [3.63, 3.8) is 0 Å². The van der Waals surface area contributed by atoms with Crippen LogP contribution in [0.4, 0.5) is 0 Å². The fourth-order valence-corrected chi connectivity index (χ4v) is 20.8. The molecule has 0 aliphatic heterocycles. The lowest BCUT2D eigenvalue weighted by Crippen LogP contribution is -2.59. The Kier molecular flexibility index (Phi) is 23.5. The summed E-state index contributed by atoms with van der Waals surface area (Å²) in [6, 6.07) is 0. The molecule has 21 heteroatoms. The number of aliphatic hydroxyl groups excluding tert-OH is 13. The normalized spacial score (nSPS) is 40.5. The van der Waals surface area contributed by atoms with Gasteiger partial charge in [0, 0.05) is 39.0 Å². The van der Waals surface area contributed by atoms with Crippen LogP contribution in [0, 0.1) is 92.7 Å². The Morgan fingerprint density at radius 1 is 0.529 bits per heavy atom. The summed E-state index contributed by atoms with van der Waals surface area (Å²) in [6.45, 7) is 12.2. The number of hydrogen-bond acceptors (Lipinski definition) is 18. The van der Waals surface area contributed by atoms with Gasteiger partial charge in [0.05, 0.1) is 31.5 Å². The molecular formula is C66H113N3O18. The van der Waals surface area contributed by atoms with Gasteiger partial charge in [-0.2, -0.15) is 0 Å². The Balaban J connectivity index is 0.812. The molecule has 0 heterocycles. The molecule has 0 bridgehead atoms. The van der Waals surface area contributed by atoms with Crippen molar-refractivity contribution in [2.75, 3.05) is 39.4 Å². The first-order valence-electron chi connectivity index (χ1n) is 33.8. The van der Waals surface area contributed by atoms with E-state index in [9.17, 15) is 75.3 Å². The van der Waals surface area contributed by atoms with Crippen LogP contribution in [-0.4, -0.2) is 208 Å². The van der Waals surface area contributed by atoms with Gasteiger partial charge >= 0.3 is 5.97 Å². The minimum absolute atomic E-state index is 0.0118. The summed E-state index contributed by atoms with van der Waals surface area (Å²) < 4.78 is 6.37. The fourth-order valence-electron chi connectivity index (χ4n) is 20.8. The number of ether oxygens (including phenoxy) is 1. The SMILES string of the molecule is C[C@H](CCC(=O)O[C@@H]1CC[C@@]2(C)[C@H](CC[C@@H]3[C@@H]2C[C@H](O)[C@]2(C)[C@@H]([C@H](C)CCC(=O)N(CCCNC(=O)[C@H](O)[C@@H](O)[C@H](O)[C@H](O)CO)CCCNC(=O)[C@H](O)[C@@H](O)[C@H](O)[C@H](O)CO)CC[C@@H]32)C1)[C@H]1CCC2C3CC[C@@H]4C[C@H](O)CC[C@]4(C)C3C[C@H](O)[C@@]21C. The Morgan fingerprint density at radius 3 is 1.43 bits per heavy atom. The third kappa shape index (κ3) is 14.2. The summed E-state index contributed by atoms with van der Waals surface area (Å²) >= 11 is 0. The zero-order valence-corrected chi connectivity index (χ0v) is 53.0.